The van der Waals surface area contributed by atoms with Crippen LogP contribution < -0.4 is 4.23 Å². The van der Waals surface area contributed by atoms with Crippen molar-refractivity contribution in [2.24, 2.45) is 0 Å². The molecule has 0 aromatic carbocycles. The quantitative estimate of drug-likeness (QED) is 0.451. The monoisotopic (exact) mass is 301 g/mol. The second kappa shape index (κ2) is 5.80. The van der Waals surface area contributed by atoms with Crippen LogP contribution in [0.5, 0.6) is 0 Å². The van der Waals surface area contributed by atoms with Crippen LogP contribution in [-0.2, 0) is 10.1 Å². The second-order valence-corrected chi connectivity index (χ2v) is 10.6. The van der Waals surface area contributed by atoms with Gasteiger partial charge in [0.25, 0.3) is 0 Å². The number of aromatic nitrogens is 1. The van der Waals surface area contributed by atoms with Crippen molar-refractivity contribution in [2.45, 2.75) is 25.1 Å². The van der Waals surface area contributed by atoms with Crippen LogP contribution in [0.1, 0.15) is 0 Å². The minimum atomic E-state index is -6.09. The van der Waals surface area contributed by atoms with Crippen LogP contribution in [0, 0.1) is 0 Å². The summed E-state index contributed by atoms with van der Waals surface area (Å²) in [6.07, 6.45) is 4.29. The van der Waals surface area contributed by atoms with E-state index >= 15 is 0 Å². The summed E-state index contributed by atoms with van der Waals surface area (Å²) in [5.74, 6) is 0. The summed E-state index contributed by atoms with van der Waals surface area (Å²) < 4.78 is 61.2. The van der Waals surface area contributed by atoms with E-state index in [-0.39, 0.29) is 0 Å². The molecule has 1 heterocycles. The molecule has 18 heavy (non-hydrogen) atoms. The molecule has 1 aromatic heterocycles. The minimum absolute atomic E-state index is 1.12. The van der Waals surface area contributed by atoms with Gasteiger partial charge >= 0.3 is 13.7 Å². The van der Waals surface area contributed by atoms with Crippen LogP contribution in [0.3, 0.4) is 0 Å². The number of rotatable bonds is 1. The lowest BCUT2D eigenvalue weighted by Gasteiger charge is -2.08. The van der Waals surface area contributed by atoms with Crippen molar-refractivity contribution in [1.82, 2.24) is 0 Å². The highest BCUT2D eigenvalue weighted by Gasteiger charge is 2.36. The summed E-state index contributed by atoms with van der Waals surface area (Å²) in [6, 6.07) is 6.22. The van der Waals surface area contributed by atoms with E-state index in [0.717, 1.165) is 0 Å². The molecule has 4 nitrogen and oxygen atoms in total. The van der Waals surface area contributed by atoms with Crippen LogP contribution in [0.2, 0.25) is 19.6 Å². The lowest BCUT2D eigenvalue weighted by molar-refractivity contribution is -0.545. The highest BCUT2D eigenvalue weighted by Crippen LogP contribution is 2.20. The first-order valence-corrected chi connectivity index (χ1v) is 9.70. The summed E-state index contributed by atoms with van der Waals surface area (Å²) in [6.45, 7) is 6.98. The van der Waals surface area contributed by atoms with Gasteiger partial charge in [-0.2, -0.15) is 13.2 Å². The molecule has 104 valence electrons. The molecule has 0 amide bonds. The van der Waals surface area contributed by atoms with E-state index in [4.69, 9.17) is 13.0 Å². The van der Waals surface area contributed by atoms with E-state index in [1.54, 1.807) is 0 Å². The Morgan fingerprint density at radius 3 is 1.56 bits per heavy atom. The van der Waals surface area contributed by atoms with Crippen LogP contribution >= 0.6 is 0 Å². The topological polar surface area (TPSA) is 61.1 Å². The normalized spacial score (nSPS) is 12.6. The first-order valence-electron chi connectivity index (χ1n) is 4.84. The Labute approximate surface area is 105 Å². The average molecular weight is 301 g/mol. The summed E-state index contributed by atoms with van der Waals surface area (Å²) in [5.41, 5.74) is -5.65. The molecule has 9 heteroatoms. The van der Waals surface area contributed by atoms with E-state index in [2.05, 4.69) is 54.5 Å². The largest absolute Gasteiger partial charge is 0.741 e. The number of hydrogen-bond acceptors (Lipinski definition) is 3. The molecule has 0 aliphatic heterocycles. The van der Waals surface area contributed by atoms with Gasteiger partial charge in [-0.25, -0.2) is 8.42 Å². The Bertz CT molecular complexity index is 468. The van der Waals surface area contributed by atoms with Crippen molar-refractivity contribution < 1.29 is 30.4 Å². The van der Waals surface area contributed by atoms with Crippen molar-refractivity contribution in [3.63, 3.8) is 0 Å². The van der Waals surface area contributed by atoms with Gasteiger partial charge in [0.2, 0.25) is 0 Å². The van der Waals surface area contributed by atoms with Gasteiger partial charge in [-0.05, 0) is 31.8 Å². The van der Waals surface area contributed by atoms with Crippen molar-refractivity contribution in [1.29, 1.82) is 0 Å². The van der Waals surface area contributed by atoms with Gasteiger partial charge in [0.05, 0.1) is 0 Å². The maximum atomic E-state index is 10.7. The van der Waals surface area contributed by atoms with Crippen molar-refractivity contribution in [2.75, 3.05) is 0 Å². The molecule has 0 saturated heterocycles. The minimum Gasteiger partial charge on any atom is -0.741 e. The number of hydrogen-bond donors (Lipinski definition) is 0. The fourth-order valence-electron chi connectivity index (χ4n) is 0.846. The number of pyridine rings is 1. The van der Waals surface area contributed by atoms with Gasteiger partial charge in [0.15, 0.2) is 10.1 Å². The first kappa shape index (κ1) is 17.1. The van der Waals surface area contributed by atoms with Crippen molar-refractivity contribution in [3.05, 3.63) is 30.6 Å². The highest BCUT2D eigenvalue weighted by atomic mass is 32.2. The van der Waals surface area contributed by atoms with E-state index in [0.29, 0.717) is 0 Å². The number of alkyl halides is 3. The molecule has 0 aliphatic rings. The Morgan fingerprint density at radius 1 is 1.06 bits per heavy atom. The molecule has 0 fully saturated rings. The summed E-state index contributed by atoms with van der Waals surface area (Å²) in [4.78, 5) is 0. The molecule has 0 radical (unpaired) electrons. The smallest absolute Gasteiger partial charge is 0.485 e. The molecule has 1 rings (SSSR count). The summed E-state index contributed by atoms with van der Waals surface area (Å²) >= 11 is 0. The Morgan fingerprint density at radius 2 is 1.39 bits per heavy atom. The Balaban J connectivity index is 0.000000331. The molecule has 0 aliphatic carbocycles. The standard InChI is InChI=1S/C8H14NSi.CHF3O3S/c1-10(2,3)9-7-5-4-6-8-9;2-1(3,4)8(5,6)7/h4-8H,1-3H3;(H,5,6,7)/q+1;/p-1. The van der Waals surface area contributed by atoms with Crippen LogP contribution in [-0.4, -0.2) is 26.7 Å². The molecular formula is C9H14F3NO3SSi. The van der Waals surface area contributed by atoms with Gasteiger partial charge in [-0.15, -0.1) is 0 Å². The third-order valence-electron chi connectivity index (χ3n) is 1.77. The van der Waals surface area contributed by atoms with Crippen LogP contribution in [0.15, 0.2) is 30.6 Å². The second-order valence-electron chi connectivity index (χ2n) is 4.35. The average Bonchev–Trinajstić information content (AvgIpc) is 2.15. The summed E-state index contributed by atoms with van der Waals surface area (Å²) in [7, 11) is -7.21. The fraction of sp³-hybridized carbons (Fsp3) is 0.444. The zero-order valence-electron chi connectivity index (χ0n) is 10.1. The van der Waals surface area contributed by atoms with Crippen LogP contribution in [0.4, 0.5) is 13.2 Å². The van der Waals surface area contributed by atoms with Gasteiger partial charge in [-0.3, -0.25) is 4.23 Å². The molecule has 0 N–H and O–H groups in total. The van der Waals surface area contributed by atoms with Gasteiger partial charge in [0.1, 0.15) is 12.4 Å². The Hall–Kier alpha value is -0.933. The predicted octanol–water partition coefficient (Wildman–Crippen LogP) is 1.71. The van der Waals surface area contributed by atoms with Crippen molar-refractivity contribution in [3.8, 4) is 0 Å². The molecule has 0 unspecified atom stereocenters. The van der Waals surface area contributed by atoms with E-state index < -0.39 is 23.9 Å². The number of nitrogens with zero attached hydrogens (tertiary/aromatic N) is 1. The van der Waals surface area contributed by atoms with Crippen molar-refractivity contribution >= 4 is 18.4 Å². The third-order valence-corrected chi connectivity index (χ3v) is 4.19. The van der Waals surface area contributed by atoms with E-state index in [1.807, 2.05) is 0 Å². The molecule has 0 bridgehead atoms. The summed E-state index contributed by atoms with van der Waals surface area (Å²) in [5, 5.41) is 0. The van der Waals surface area contributed by atoms with Gasteiger partial charge in [-0.1, -0.05) is 6.07 Å². The SMILES string of the molecule is C[Si](C)(C)[n+]1ccccc1.O=S(=O)([O-])C(F)(F)F. The molecule has 0 atom stereocenters. The maximum absolute atomic E-state index is 10.7. The zero-order valence-corrected chi connectivity index (χ0v) is 11.9. The lowest BCUT2D eigenvalue weighted by atomic mass is 10.5. The third kappa shape index (κ3) is 6.12. The molecular weight excluding hydrogens is 287 g/mol. The van der Waals surface area contributed by atoms with E-state index in [9.17, 15) is 13.2 Å². The van der Waals surface area contributed by atoms with Crippen LogP contribution in [0.25, 0.3) is 0 Å². The van der Waals surface area contributed by atoms with Gasteiger partial charge in [0, 0.05) is 0 Å². The molecule has 0 spiro atoms. The molecule has 0 saturated carbocycles. The molecule has 1 aromatic rings. The zero-order chi connectivity index (χ0) is 14.6. The van der Waals surface area contributed by atoms with Gasteiger partial charge < -0.3 is 4.55 Å². The predicted molar refractivity (Wildman–Crippen MR) is 61.1 cm³/mol. The highest BCUT2D eigenvalue weighted by molar-refractivity contribution is 7.86. The lowest BCUT2D eigenvalue weighted by Crippen LogP contribution is -2.57. The first-order chi connectivity index (χ1) is 7.86. The maximum Gasteiger partial charge on any atom is 0.485 e. The van der Waals surface area contributed by atoms with E-state index in [1.165, 1.54) is 0 Å². The fourth-order valence-corrected chi connectivity index (χ4v) is 1.91. The number of halogens is 3. The Kier molecular flexibility index (Phi) is 5.50.